The quantitative estimate of drug-likeness (QED) is 0.830. The Morgan fingerprint density at radius 3 is 2.21 bits per heavy atom. The van der Waals surface area contributed by atoms with Gasteiger partial charge >= 0.3 is 0 Å². The minimum absolute atomic E-state index is 0.0968. The van der Waals surface area contributed by atoms with Crippen LogP contribution in [0.1, 0.15) is 40.0 Å². The van der Waals surface area contributed by atoms with Gasteiger partial charge in [-0.2, -0.15) is 0 Å². The summed E-state index contributed by atoms with van der Waals surface area (Å²) in [7, 11) is 6.40. The third-order valence-electron chi connectivity index (χ3n) is 4.64. The van der Waals surface area contributed by atoms with Crippen LogP contribution in [-0.4, -0.2) is 61.8 Å². The Morgan fingerprint density at radius 1 is 1.05 bits per heavy atom. The van der Waals surface area contributed by atoms with E-state index in [4.69, 9.17) is 0 Å². The van der Waals surface area contributed by atoms with Crippen molar-refractivity contribution < 1.29 is 5.11 Å². The van der Waals surface area contributed by atoms with Crippen molar-refractivity contribution in [3.63, 3.8) is 0 Å². The first-order valence-electron chi connectivity index (χ1n) is 7.71. The number of nitrogens with zero attached hydrogens (tertiary/aromatic N) is 2. The lowest BCUT2D eigenvalue weighted by Gasteiger charge is -2.41. The van der Waals surface area contributed by atoms with Crippen LogP contribution in [0.2, 0.25) is 0 Å². The van der Waals surface area contributed by atoms with Gasteiger partial charge in [0.2, 0.25) is 0 Å². The number of hydrogen-bond donors (Lipinski definition) is 1. The molecule has 1 aliphatic rings. The molecule has 0 aromatic rings. The zero-order valence-electron chi connectivity index (χ0n) is 13.8. The van der Waals surface area contributed by atoms with Gasteiger partial charge in [0.1, 0.15) is 0 Å². The lowest BCUT2D eigenvalue weighted by molar-refractivity contribution is 0.00603. The van der Waals surface area contributed by atoms with Gasteiger partial charge in [-0.3, -0.25) is 0 Å². The number of rotatable bonds is 5. The van der Waals surface area contributed by atoms with E-state index in [1.807, 2.05) is 0 Å². The molecule has 0 bridgehead atoms. The van der Waals surface area contributed by atoms with Gasteiger partial charge in [0.25, 0.3) is 0 Å². The molecule has 1 fully saturated rings. The summed E-state index contributed by atoms with van der Waals surface area (Å²) in [5.41, 5.74) is 0.376. The zero-order chi connectivity index (χ0) is 14.6. The van der Waals surface area contributed by atoms with E-state index < -0.39 is 0 Å². The Hall–Kier alpha value is -0.120. The van der Waals surface area contributed by atoms with Crippen molar-refractivity contribution in [1.82, 2.24) is 9.80 Å². The van der Waals surface area contributed by atoms with E-state index in [9.17, 15) is 5.11 Å². The first kappa shape index (κ1) is 16.9. The van der Waals surface area contributed by atoms with Crippen molar-refractivity contribution in [1.29, 1.82) is 0 Å². The predicted molar refractivity (Wildman–Crippen MR) is 82.3 cm³/mol. The van der Waals surface area contributed by atoms with Gasteiger partial charge in [-0.1, -0.05) is 20.8 Å². The molecule has 0 radical (unpaired) electrons. The van der Waals surface area contributed by atoms with Crippen LogP contribution in [0.25, 0.3) is 0 Å². The lowest BCUT2D eigenvalue weighted by atomic mass is 9.68. The second kappa shape index (κ2) is 7.05. The Balaban J connectivity index is 2.46. The van der Waals surface area contributed by atoms with Crippen LogP contribution in [0.4, 0.5) is 0 Å². The highest BCUT2D eigenvalue weighted by Crippen LogP contribution is 2.40. The van der Waals surface area contributed by atoms with Crippen LogP contribution in [0.3, 0.4) is 0 Å². The first-order valence-corrected chi connectivity index (χ1v) is 7.71. The summed E-state index contributed by atoms with van der Waals surface area (Å²) in [5, 5.41) is 10.2. The molecule has 114 valence electrons. The van der Waals surface area contributed by atoms with Crippen molar-refractivity contribution in [3.8, 4) is 0 Å². The SMILES string of the molecule is CN(C)CCN(C)CC1CC(C(C)(C)C)CCC1O. The van der Waals surface area contributed by atoms with Crippen molar-refractivity contribution in [3.05, 3.63) is 0 Å². The summed E-state index contributed by atoms with van der Waals surface area (Å²) in [4.78, 5) is 4.59. The van der Waals surface area contributed by atoms with Crippen molar-refractivity contribution in [2.75, 3.05) is 40.8 Å². The molecule has 3 atom stereocenters. The summed E-state index contributed by atoms with van der Waals surface area (Å²) < 4.78 is 0. The third-order valence-corrected chi connectivity index (χ3v) is 4.64. The van der Waals surface area contributed by atoms with E-state index in [1.165, 1.54) is 12.8 Å². The maximum Gasteiger partial charge on any atom is 0.0580 e. The zero-order valence-corrected chi connectivity index (χ0v) is 13.8. The molecule has 3 nitrogen and oxygen atoms in total. The topological polar surface area (TPSA) is 26.7 Å². The maximum atomic E-state index is 10.2. The van der Waals surface area contributed by atoms with Gasteiger partial charge in [0, 0.05) is 19.6 Å². The van der Waals surface area contributed by atoms with Gasteiger partial charge in [0.05, 0.1) is 6.10 Å². The number of aliphatic hydroxyl groups is 1. The standard InChI is InChI=1S/C16H34N2O/c1-16(2,3)14-7-8-15(19)13(11-14)12-18(6)10-9-17(4)5/h13-15,19H,7-12H2,1-6H3. The maximum absolute atomic E-state index is 10.2. The van der Waals surface area contributed by atoms with E-state index >= 15 is 0 Å². The average Bonchev–Trinajstić information content (AvgIpc) is 2.28. The molecule has 1 aliphatic carbocycles. The van der Waals surface area contributed by atoms with E-state index in [2.05, 4.69) is 51.7 Å². The molecule has 19 heavy (non-hydrogen) atoms. The second-order valence-corrected chi connectivity index (χ2v) is 7.77. The monoisotopic (exact) mass is 270 g/mol. The normalized spacial score (nSPS) is 29.2. The van der Waals surface area contributed by atoms with E-state index in [1.54, 1.807) is 0 Å². The second-order valence-electron chi connectivity index (χ2n) is 7.77. The highest BCUT2D eigenvalue weighted by molar-refractivity contribution is 4.86. The number of hydrogen-bond acceptors (Lipinski definition) is 3. The molecule has 0 spiro atoms. The highest BCUT2D eigenvalue weighted by Gasteiger charge is 2.35. The van der Waals surface area contributed by atoms with Gasteiger partial charge in [-0.05, 0) is 57.7 Å². The van der Waals surface area contributed by atoms with Crippen molar-refractivity contribution in [2.24, 2.45) is 17.3 Å². The van der Waals surface area contributed by atoms with E-state index in [-0.39, 0.29) is 6.10 Å². The molecule has 0 aromatic carbocycles. The molecular formula is C16H34N2O. The van der Waals surface area contributed by atoms with Crippen LogP contribution in [0.15, 0.2) is 0 Å². The Labute approximate surface area is 120 Å². The van der Waals surface area contributed by atoms with Crippen LogP contribution in [0.5, 0.6) is 0 Å². The fraction of sp³-hybridized carbons (Fsp3) is 1.00. The summed E-state index contributed by atoms with van der Waals surface area (Å²) >= 11 is 0. The molecular weight excluding hydrogens is 236 g/mol. The van der Waals surface area contributed by atoms with Crippen LogP contribution in [-0.2, 0) is 0 Å². The van der Waals surface area contributed by atoms with Crippen molar-refractivity contribution >= 4 is 0 Å². The molecule has 3 heteroatoms. The largest absolute Gasteiger partial charge is 0.393 e. The van der Waals surface area contributed by atoms with Crippen LogP contribution >= 0.6 is 0 Å². The van der Waals surface area contributed by atoms with Gasteiger partial charge in [-0.15, -0.1) is 0 Å². The Bertz CT molecular complexity index is 260. The average molecular weight is 270 g/mol. The van der Waals surface area contributed by atoms with Crippen molar-refractivity contribution in [2.45, 2.75) is 46.1 Å². The lowest BCUT2D eigenvalue weighted by Crippen LogP contribution is -2.41. The molecule has 1 rings (SSSR count). The van der Waals surface area contributed by atoms with Gasteiger partial charge in [0.15, 0.2) is 0 Å². The number of likely N-dealkylation sites (N-methyl/N-ethyl adjacent to an activating group) is 2. The van der Waals surface area contributed by atoms with Gasteiger partial charge < -0.3 is 14.9 Å². The van der Waals surface area contributed by atoms with E-state index in [0.29, 0.717) is 11.3 Å². The van der Waals surface area contributed by atoms with Crippen LogP contribution in [0, 0.1) is 17.3 Å². The van der Waals surface area contributed by atoms with E-state index in [0.717, 1.165) is 32.0 Å². The summed E-state index contributed by atoms with van der Waals surface area (Å²) in [6.45, 7) is 10.2. The minimum Gasteiger partial charge on any atom is -0.393 e. The Morgan fingerprint density at radius 2 is 1.68 bits per heavy atom. The molecule has 0 amide bonds. The molecule has 0 heterocycles. The molecule has 0 saturated heterocycles. The fourth-order valence-corrected chi connectivity index (χ4v) is 3.09. The minimum atomic E-state index is -0.0968. The highest BCUT2D eigenvalue weighted by atomic mass is 16.3. The molecule has 3 unspecified atom stereocenters. The van der Waals surface area contributed by atoms with Gasteiger partial charge in [-0.25, -0.2) is 0 Å². The summed E-state index contributed by atoms with van der Waals surface area (Å²) in [6, 6.07) is 0. The smallest absolute Gasteiger partial charge is 0.0580 e. The molecule has 0 aliphatic heterocycles. The van der Waals surface area contributed by atoms with Crippen LogP contribution < -0.4 is 0 Å². The predicted octanol–water partition coefficient (Wildman–Crippen LogP) is 2.30. The summed E-state index contributed by atoms with van der Waals surface area (Å²) in [6.07, 6.45) is 3.24. The molecule has 1 saturated carbocycles. The Kier molecular flexibility index (Phi) is 6.28. The molecule has 1 N–H and O–H groups in total. The summed E-state index contributed by atoms with van der Waals surface area (Å²) in [5.74, 6) is 1.20. The third kappa shape index (κ3) is 5.80. The fourth-order valence-electron chi connectivity index (χ4n) is 3.09. The number of aliphatic hydroxyl groups excluding tert-OH is 1. The molecule has 0 aromatic heterocycles. The first-order chi connectivity index (χ1) is 8.70.